The number of rotatable bonds is 1. The van der Waals surface area contributed by atoms with Crippen LogP contribution in [0.5, 0.6) is 0 Å². The van der Waals surface area contributed by atoms with Gasteiger partial charge in [0.25, 0.3) is 5.56 Å². The Morgan fingerprint density at radius 1 is 1.10 bits per heavy atom. The molecule has 0 radical (unpaired) electrons. The van der Waals surface area contributed by atoms with Gasteiger partial charge >= 0.3 is 0 Å². The van der Waals surface area contributed by atoms with Gasteiger partial charge < -0.3 is 0 Å². The Morgan fingerprint density at radius 3 is 2.80 bits per heavy atom. The molecule has 20 heavy (non-hydrogen) atoms. The van der Waals surface area contributed by atoms with Gasteiger partial charge in [-0.05, 0) is 30.3 Å². The molecular formula is C15H9N3OS. The molecule has 0 bridgehead atoms. The van der Waals surface area contributed by atoms with Gasteiger partial charge in [0.1, 0.15) is 0 Å². The summed E-state index contributed by atoms with van der Waals surface area (Å²) in [5, 5.41) is 0. The molecule has 0 saturated heterocycles. The van der Waals surface area contributed by atoms with Crippen LogP contribution in [-0.2, 0) is 0 Å². The number of benzene rings is 1. The maximum Gasteiger partial charge on any atom is 0.275 e. The Labute approximate surface area is 117 Å². The topological polar surface area (TPSA) is 47.3 Å². The minimum Gasteiger partial charge on any atom is -0.267 e. The second-order valence-electron chi connectivity index (χ2n) is 4.39. The van der Waals surface area contributed by atoms with E-state index < -0.39 is 0 Å². The third-order valence-corrected chi connectivity index (χ3v) is 4.08. The van der Waals surface area contributed by atoms with Gasteiger partial charge in [0.15, 0.2) is 4.96 Å². The molecule has 4 nitrogen and oxygen atoms in total. The minimum atomic E-state index is -0.0376. The summed E-state index contributed by atoms with van der Waals surface area (Å²) in [6.45, 7) is 0. The Hall–Kier alpha value is -2.53. The number of pyridine rings is 1. The lowest BCUT2D eigenvalue weighted by Gasteiger charge is -1.88. The lowest BCUT2D eigenvalue weighted by Crippen LogP contribution is -2.22. The number of hydrogen-bond donors (Lipinski definition) is 0. The fourth-order valence-electron chi connectivity index (χ4n) is 2.21. The molecule has 4 aromatic rings. The van der Waals surface area contributed by atoms with Crippen LogP contribution in [0.25, 0.3) is 22.1 Å². The molecule has 3 aromatic heterocycles. The summed E-state index contributed by atoms with van der Waals surface area (Å²) in [7, 11) is 0. The second kappa shape index (κ2) is 4.25. The van der Waals surface area contributed by atoms with Crippen LogP contribution in [0, 0.1) is 0 Å². The monoisotopic (exact) mass is 279 g/mol. The highest BCUT2D eigenvalue weighted by molar-refractivity contribution is 7.15. The van der Waals surface area contributed by atoms with Crippen LogP contribution in [0.2, 0.25) is 0 Å². The number of imidazole rings is 1. The minimum absolute atomic E-state index is 0.0376. The van der Waals surface area contributed by atoms with Crippen molar-refractivity contribution in [1.82, 2.24) is 14.4 Å². The molecule has 0 amide bonds. The zero-order valence-electron chi connectivity index (χ0n) is 10.4. The zero-order valence-corrected chi connectivity index (χ0v) is 11.2. The smallest absolute Gasteiger partial charge is 0.267 e. The Kier molecular flexibility index (Phi) is 2.40. The van der Waals surface area contributed by atoms with E-state index in [1.807, 2.05) is 42.5 Å². The first-order chi connectivity index (χ1) is 9.83. The first kappa shape index (κ1) is 11.3. The predicted molar refractivity (Wildman–Crippen MR) is 79.9 cm³/mol. The van der Waals surface area contributed by atoms with E-state index in [1.54, 1.807) is 16.7 Å². The highest BCUT2D eigenvalue weighted by atomic mass is 32.1. The summed E-state index contributed by atoms with van der Waals surface area (Å²) >= 11 is 1.39. The van der Waals surface area contributed by atoms with E-state index in [4.69, 9.17) is 0 Å². The van der Waals surface area contributed by atoms with E-state index in [-0.39, 0.29) is 5.56 Å². The number of hydrogen-bond acceptors (Lipinski definition) is 4. The number of thiazole rings is 1. The SMILES string of the molecule is O=c1c(=Cc2ccccn2)sc2nc3ccccc3n12. The molecule has 3 heterocycles. The van der Waals surface area contributed by atoms with Crippen molar-refractivity contribution < 1.29 is 0 Å². The molecular weight excluding hydrogens is 270 g/mol. The largest absolute Gasteiger partial charge is 0.275 e. The van der Waals surface area contributed by atoms with Crippen LogP contribution in [0.15, 0.2) is 53.5 Å². The van der Waals surface area contributed by atoms with Crippen LogP contribution < -0.4 is 10.1 Å². The lowest BCUT2D eigenvalue weighted by atomic mass is 10.3. The van der Waals surface area contributed by atoms with Crippen molar-refractivity contribution in [2.75, 3.05) is 0 Å². The fraction of sp³-hybridized carbons (Fsp3) is 0. The van der Waals surface area contributed by atoms with Crippen molar-refractivity contribution in [3.8, 4) is 0 Å². The molecule has 0 aliphatic rings. The fourth-order valence-corrected chi connectivity index (χ4v) is 3.18. The van der Waals surface area contributed by atoms with Gasteiger partial charge in [-0.25, -0.2) is 9.38 Å². The van der Waals surface area contributed by atoms with E-state index in [0.29, 0.717) is 4.53 Å². The van der Waals surface area contributed by atoms with E-state index in [2.05, 4.69) is 9.97 Å². The van der Waals surface area contributed by atoms with E-state index >= 15 is 0 Å². The molecule has 0 spiro atoms. The van der Waals surface area contributed by atoms with E-state index in [0.717, 1.165) is 21.7 Å². The first-order valence-electron chi connectivity index (χ1n) is 6.16. The summed E-state index contributed by atoms with van der Waals surface area (Å²) < 4.78 is 2.31. The molecule has 96 valence electrons. The maximum absolute atomic E-state index is 12.5. The highest BCUT2D eigenvalue weighted by Gasteiger charge is 2.10. The lowest BCUT2D eigenvalue weighted by molar-refractivity contribution is 1.19. The Bertz CT molecular complexity index is 1020. The van der Waals surface area contributed by atoms with Crippen molar-refractivity contribution in [2.24, 2.45) is 0 Å². The molecule has 0 N–H and O–H groups in total. The molecule has 0 aliphatic carbocycles. The van der Waals surface area contributed by atoms with Gasteiger partial charge in [-0.2, -0.15) is 0 Å². The van der Waals surface area contributed by atoms with Crippen molar-refractivity contribution in [3.05, 3.63) is 69.2 Å². The number of aromatic nitrogens is 3. The van der Waals surface area contributed by atoms with Gasteiger partial charge in [-0.3, -0.25) is 9.78 Å². The predicted octanol–water partition coefficient (Wildman–Crippen LogP) is 1.85. The average Bonchev–Trinajstić information content (AvgIpc) is 2.98. The standard InChI is InChI=1S/C15H9N3OS/c19-14-13(9-10-5-3-4-8-16-10)20-15-17-11-6-1-2-7-12(11)18(14)15/h1-9H. The van der Waals surface area contributed by atoms with Gasteiger partial charge in [-0.1, -0.05) is 29.5 Å². The quantitative estimate of drug-likeness (QED) is 0.534. The van der Waals surface area contributed by atoms with Gasteiger partial charge in [-0.15, -0.1) is 0 Å². The molecule has 0 saturated carbocycles. The Balaban J connectivity index is 2.06. The summed E-state index contributed by atoms with van der Waals surface area (Å²) in [6, 6.07) is 13.3. The third-order valence-electron chi connectivity index (χ3n) is 3.11. The molecule has 4 rings (SSSR count). The first-order valence-corrected chi connectivity index (χ1v) is 6.97. The van der Waals surface area contributed by atoms with Gasteiger partial charge in [0.2, 0.25) is 0 Å². The van der Waals surface area contributed by atoms with Crippen LogP contribution in [0.1, 0.15) is 5.69 Å². The van der Waals surface area contributed by atoms with Gasteiger partial charge in [0.05, 0.1) is 21.3 Å². The van der Waals surface area contributed by atoms with E-state index in [9.17, 15) is 4.79 Å². The van der Waals surface area contributed by atoms with Crippen molar-refractivity contribution in [2.45, 2.75) is 0 Å². The number of para-hydroxylation sites is 2. The Morgan fingerprint density at radius 2 is 1.95 bits per heavy atom. The molecule has 1 aromatic carbocycles. The van der Waals surface area contributed by atoms with Crippen molar-refractivity contribution in [1.29, 1.82) is 0 Å². The number of nitrogens with zero attached hydrogens (tertiary/aromatic N) is 3. The number of fused-ring (bicyclic) bond motifs is 3. The van der Waals surface area contributed by atoms with E-state index in [1.165, 1.54) is 11.3 Å². The third kappa shape index (κ3) is 1.64. The molecule has 0 aliphatic heterocycles. The normalized spacial score (nSPS) is 12.5. The molecule has 0 unspecified atom stereocenters. The average molecular weight is 279 g/mol. The molecule has 5 heteroatoms. The summed E-state index contributed by atoms with van der Waals surface area (Å²) in [6.07, 6.45) is 3.51. The van der Waals surface area contributed by atoms with Gasteiger partial charge in [0, 0.05) is 6.20 Å². The van der Waals surface area contributed by atoms with Crippen LogP contribution >= 0.6 is 11.3 Å². The van der Waals surface area contributed by atoms with Crippen molar-refractivity contribution >= 4 is 33.4 Å². The summed E-state index contributed by atoms with van der Waals surface area (Å²) in [4.78, 5) is 21.9. The zero-order chi connectivity index (χ0) is 13.5. The molecule has 0 fully saturated rings. The van der Waals surface area contributed by atoms with Crippen molar-refractivity contribution in [3.63, 3.8) is 0 Å². The highest BCUT2D eigenvalue weighted by Crippen LogP contribution is 2.15. The maximum atomic E-state index is 12.5. The van der Waals surface area contributed by atoms with Crippen LogP contribution in [0.4, 0.5) is 0 Å². The molecule has 0 atom stereocenters. The van der Waals surface area contributed by atoms with Crippen LogP contribution in [-0.4, -0.2) is 14.4 Å². The summed E-state index contributed by atoms with van der Waals surface area (Å²) in [5.41, 5.74) is 2.44. The van der Waals surface area contributed by atoms with Crippen LogP contribution in [0.3, 0.4) is 0 Å². The summed E-state index contributed by atoms with van der Waals surface area (Å²) in [5.74, 6) is 0. The second-order valence-corrected chi connectivity index (χ2v) is 5.40.